The Bertz CT molecular complexity index is 1040. The van der Waals surface area contributed by atoms with Gasteiger partial charge in [0, 0.05) is 25.6 Å². The van der Waals surface area contributed by atoms with E-state index in [4.69, 9.17) is 28.9 Å². The molecule has 0 aliphatic carbocycles. The maximum Gasteiger partial charge on any atom is 0.260 e. The molecular weight excluding hydrogens is 379 g/mol. The minimum Gasteiger partial charge on any atom is -0.368 e. The quantitative estimate of drug-likeness (QED) is 0.520. The van der Waals surface area contributed by atoms with Crippen molar-refractivity contribution in [2.24, 2.45) is 7.05 Å². The van der Waals surface area contributed by atoms with Crippen molar-refractivity contribution >= 4 is 52.5 Å². The molecule has 4 heterocycles. The Morgan fingerprint density at radius 2 is 2.15 bits per heavy atom. The highest BCUT2D eigenvalue weighted by Gasteiger charge is 2.37. The number of amides is 1. The van der Waals surface area contributed by atoms with Crippen LogP contribution < -0.4 is 10.6 Å². The summed E-state index contributed by atoms with van der Waals surface area (Å²) in [6.07, 6.45) is 6.48. The Morgan fingerprint density at radius 3 is 2.81 bits per heavy atom. The molecule has 0 aromatic carbocycles. The average Bonchev–Trinajstić information content (AvgIpc) is 3.24. The summed E-state index contributed by atoms with van der Waals surface area (Å²) in [5.41, 5.74) is 6.96. The van der Waals surface area contributed by atoms with Gasteiger partial charge in [-0.3, -0.25) is 14.4 Å². The van der Waals surface area contributed by atoms with E-state index in [1.807, 2.05) is 0 Å². The summed E-state index contributed by atoms with van der Waals surface area (Å²) in [5, 5.41) is 4.81. The minimum atomic E-state index is -0.320. The van der Waals surface area contributed by atoms with Crippen molar-refractivity contribution in [3.05, 3.63) is 45.8 Å². The second-order valence-electron chi connectivity index (χ2n) is 5.59. The largest absolute Gasteiger partial charge is 0.368 e. The lowest BCUT2D eigenvalue weighted by atomic mass is 10.1. The number of carbonyl (C=O) groups excluding carboxylic acids is 1. The molecule has 1 aliphatic rings. The fourth-order valence-corrected chi connectivity index (χ4v) is 3.26. The van der Waals surface area contributed by atoms with Crippen LogP contribution in [0.5, 0.6) is 0 Å². The monoisotopic (exact) mass is 390 g/mol. The molecule has 1 amide bonds. The molecule has 132 valence electrons. The fourth-order valence-electron chi connectivity index (χ4n) is 2.75. The van der Waals surface area contributed by atoms with Crippen LogP contribution in [0.1, 0.15) is 17.1 Å². The lowest BCUT2D eigenvalue weighted by Crippen LogP contribution is -2.27. The molecule has 3 N–H and O–H groups in total. The number of halogens is 2. The molecule has 0 atom stereocenters. The van der Waals surface area contributed by atoms with E-state index in [-0.39, 0.29) is 23.6 Å². The van der Waals surface area contributed by atoms with Crippen LogP contribution in [0.15, 0.2) is 18.6 Å². The molecule has 0 fully saturated rings. The first-order valence-electron chi connectivity index (χ1n) is 7.48. The number of nitrogens with two attached hydrogens (primary N) is 1. The molecule has 1 aliphatic heterocycles. The zero-order valence-corrected chi connectivity index (χ0v) is 15.0. The van der Waals surface area contributed by atoms with Gasteiger partial charge in [0.2, 0.25) is 5.95 Å². The van der Waals surface area contributed by atoms with Gasteiger partial charge in [-0.15, -0.1) is 0 Å². The summed E-state index contributed by atoms with van der Waals surface area (Å²) in [5.74, 6) is 0.467. The van der Waals surface area contributed by atoms with Crippen molar-refractivity contribution in [2.75, 3.05) is 10.6 Å². The molecule has 0 saturated heterocycles. The molecule has 11 heteroatoms. The molecule has 26 heavy (non-hydrogen) atoms. The van der Waals surface area contributed by atoms with Gasteiger partial charge in [0.05, 0.1) is 22.7 Å². The number of carbonyl (C=O) groups is 1. The minimum absolute atomic E-state index is 0.0297. The van der Waals surface area contributed by atoms with Gasteiger partial charge in [-0.25, -0.2) is 9.97 Å². The van der Waals surface area contributed by atoms with E-state index in [1.165, 1.54) is 4.90 Å². The number of hydrogen-bond donors (Lipinski definition) is 2. The van der Waals surface area contributed by atoms with E-state index in [9.17, 15) is 4.79 Å². The maximum absolute atomic E-state index is 13.0. The summed E-state index contributed by atoms with van der Waals surface area (Å²) in [6.45, 7) is 0.119. The van der Waals surface area contributed by atoms with Crippen molar-refractivity contribution in [2.45, 2.75) is 6.54 Å². The number of imidazole rings is 1. The smallest absolute Gasteiger partial charge is 0.260 e. The first-order chi connectivity index (χ1) is 12.4. The zero-order valence-electron chi connectivity index (χ0n) is 13.4. The molecular formula is C15H12Cl2N8O. The standard InChI is InChI=1S/C15H12Cl2N8O/c1-24-5-8(16)9(23-24)6-25-13-11(12(17)21-15(18)22-13)7(14(25)26)4-10-19-2-3-20-10/h2-5H,6H2,1H3,(H,19,20)(H2,18,21,22)/b7-4-. The van der Waals surface area contributed by atoms with E-state index >= 15 is 0 Å². The van der Waals surface area contributed by atoms with Gasteiger partial charge in [-0.05, 0) is 6.08 Å². The summed E-state index contributed by atoms with van der Waals surface area (Å²) in [7, 11) is 1.74. The van der Waals surface area contributed by atoms with Crippen LogP contribution in [0, 0.1) is 0 Å². The Morgan fingerprint density at radius 1 is 1.35 bits per heavy atom. The number of hydrogen-bond acceptors (Lipinski definition) is 6. The van der Waals surface area contributed by atoms with Gasteiger partial charge in [-0.2, -0.15) is 10.1 Å². The third-order valence-corrected chi connectivity index (χ3v) is 4.42. The van der Waals surface area contributed by atoms with E-state index in [0.717, 1.165) is 0 Å². The highest BCUT2D eigenvalue weighted by atomic mass is 35.5. The van der Waals surface area contributed by atoms with Gasteiger partial charge in [-0.1, -0.05) is 23.2 Å². The molecule has 3 aromatic rings. The topological polar surface area (TPSA) is 119 Å². The number of H-pyrrole nitrogens is 1. The molecule has 0 saturated carbocycles. The van der Waals surface area contributed by atoms with E-state index in [1.54, 1.807) is 36.4 Å². The SMILES string of the molecule is Cn1cc(Cl)c(CN2C(=O)/C(=C\c3ncc[nH]3)c3c(Cl)nc(N)nc32)n1. The number of nitrogens with one attached hydrogen (secondary N) is 1. The third kappa shape index (κ3) is 2.71. The number of nitrogens with zero attached hydrogens (tertiary/aromatic N) is 6. The molecule has 9 nitrogen and oxygen atoms in total. The molecule has 3 aromatic heterocycles. The van der Waals surface area contributed by atoms with Gasteiger partial charge >= 0.3 is 0 Å². The van der Waals surface area contributed by atoms with E-state index in [0.29, 0.717) is 33.5 Å². The number of rotatable bonds is 3. The van der Waals surface area contributed by atoms with Crippen molar-refractivity contribution in [3.8, 4) is 0 Å². The molecule has 0 bridgehead atoms. The summed E-state index contributed by atoms with van der Waals surface area (Å²) >= 11 is 12.4. The number of fused-ring (bicyclic) bond motifs is 1. The van der Waals surface area contributed by atoms with Crippen LogP contribution in [-0.4, -0.2) is 35.6 Å². The first-order valence-corrected chi connectivity index (χ1v) is 8.24. The van der Waals surface area contributed by atoms with Crippen LogP contribution >= 0.6 is 23.2 Å². The van der Waals surface area contributed by atoms with Gasteiger partial charge in [0.25, 0.3) is 5.91 Å². The lowest BCUT2D eigenvalue weighted by molar-refractivity contribution is -0.113. The van der Waals surface area contributed by atoms with Crippen LogP contribution in [-0.2, 0) is 18.4 Å². The Hall–Kier alpha value is -2.91. The number of aryl methyl sites for hydroxylation is 1. The lowest BCUT2D eigenvalue weighted by Gasteiger charge is -2.15. The van der Waals surface area contributed by atoms with Crippen LogP contribution in [0.3, 0.4) is 0 Å². The summed E-state index contributed by atoms with van der Waals surface area (Å²) in [4.78, 5) is 29.7. The normalized spacial score (nSPS) is 15.1. The summed E-state index contributed by atoms with van der Waals surface area (Å²) in [6, 6.07) is 0. The predicted octanol–water partition coefficient (Wildman–Crippen LogP) is 1.91. The highest BCUT2D eigenvalue weighted by Crippen LogP contribution is 2.41. The van der Waals surface area contributed by atoms with Crippen molar-refractivity contribution in [1.82, 2.24) is 29.7 Å². The van der Waals surface area contributed by atoms with Gasteiger partial charge in [0.1, 0.15) is 16.7 Å². The average molecular weight is 391 g/mol. The molecule has 0 unspecified atom stereocenters. The molecule has 4 rings (SSSR count). The summed E-state index contributed by atoms with van der Waals surface area (Å²) < 4.78 is 1.57. The number of aromatic amines is 1. The van der Waals surface area contributed by atoms with Crippen LogP contribution in [0.25, 0.3) is 11.6 Å². The highest BCUT2D eigenvalue weighted by molar-refractivity contribution is 6.41. The molecule has 0 spiro atoms. The molecule has 0 radical (unpaired) electrons. The second kappa shape index (κ2) is 6.11. The predicted molar refractivity (Wildman–Crippen MR) is 97.3 cm³/mol. The van der Waals surface area contributed by atoms with Crippen LogP contribution in [0.2, 0.25) is 10.2 Å². The third-order valence-electron chi connectivity index (χ3n) is 3.83. The van der Waals surface area contributed by atoms with Gasteiger partial charge < -0.3 is 10.7 Å². The van der Waals surface area contributed by atoms with E-state index in [2.05, 4.69) is 25.0 Å². The fraction of sp³-hybridized carbons (Fsp3) is 0.133. The Kier molecular flexibility index (Phi) is 3.89. The number of anilines is 2. The first kappa shape index (κ1) is 16.6. The van der Waals surface area contributed by atoms with Crippen molar-refractivity contribution in [3.63, 3.8) is 0 Å². The van der Waals surface area contributed by atoms with Crippen LogP contribution in [0.4, 0.5) is 11.8 Å². The Balaban J connectivity index is 1.84. The number of aromatic nitrogens is 6. The van der Waals surface area contributed by atoms with E-state index < -0.39 is 0 Å². The van der Waals surface area contributed by atoms with Crippen molar-refractivity contribution in [1.29, 1.82) is 0 Å². The van der Waals surface area contributed by atoms with Crippen molar-refractivity contribution < 1.29 is 4.79 Å². The second-order valence-corrected chi connectivity index (χ2v) is 6.36. The zero-order chi connectivity index (χ0) is 18.4. The number of nitrogen functional groups attached to an aromatic ring is 1. The van der Waals surface area contributed by atoms with Gasteiger partial charge in [0.15, 0.2) is 5.82 Å². The Labute approximate surface area is 157 Å². The maximum atomic E-state index is 13.0.